The summed E-state index contributed by atoms with van der Waals surface area (Å²) in [5.74, 6) is 0.747. The van der Waals surface area contributed by atoms with Crippen LogP contribution >= 0.6 is 11.6 Å². The average Bonchev–Trinajstić information content (AvgIpc) is 3.02. The number of carbonyl (C=O) groups excluding carboxylic acids is 1. The van der Waals surface area contributed by atoms with Gasteiger partial charge >= 0.3 is 0 Å². The van der Waals surface area contributed by atoms with Crippen molar-refractivity contribution in [1.82, 2.24) is 15.5 Å². The number of carbonyl (C=O) groups is 1. The van der Waals surface area contributed by atoms with Crippen molar-refractivity contribution in [2.24, 2.45) is 0 Å². The quantitative estimate of drug-likeness (QED) is 0.770. The minimum absolute atomic E-state index is 0.132. The molecule has 3 rings (SSSR count). The van der Waals surface area contributed by atoms with Crippen molar-refractivity contribution >= 4 is 17.5 Å². The van der Waals surface area contributed by atoms with Gasteiger partial charge in [-0.1, -0.05) is 52.7 Å². The van der Waals surface area contributed by atoms with Crippen LogP contribution in [0.15, 0.2) is 53.1 Å². The summed E-state index contributed by atoms with van der Waals surface area (Å²) in [6.45, 7) is 2.19. The molecule has 1 N–H and O–H groups in total. The molecule has 0 saturated carbocycles. The van der Waals surface area contributed by atoms with Crippen LogP contribution in [0.2, 0.25) is 5.02 Å². The summed E-state index contributed by atoms with van der Waals surface area (Å²) in [5.41, 5.74) is 2.86. The number of aryl methyl sites for hydroxylation is 1. The van der Waals surface area contributed by atoms with Gasteiger partial charge in [0.25, 0.3) is 0 Å². The molecule has 5 nitrogen and oxygen atoms in total. The first kappa shape index (κ1) is 16.2. The van der Waals surface area contributed by atoms with Crippen LogP contribution in [-0.2, 0) is 17.8 Å². The Labute approximate surface area is 144 Å². The third-order valence-corrected chi connectivity index (χ3v) is 3.67. The zero-order chi connectivity index (χ0) is 16.9. The highest BCUT2D eigenvalue weighted by Gasteiger charge is 2.10. The number of nitrogens with one attached hydrogen (secondary N) is 1. The van der Waals surface area contributed by atoms with Crippen molar-refractivity contribution in [3.8, 4) is 11.4 Å². The number of amides is 1. The Bertz CT molecular complexity index is 861. The minimum atomic E-state index is -0.132. The van der Waals surface area contributed by atoms with Crippen LogP contribution in [0.5, 0.6) is 0 Å². The van der Waals surface area contributed by atoms with E-state index in [4.69, 9.17) is 16.1 Å². The third kappa shape index (κ3) is 4.20. The monoisotopic (exact) mass is 341 g/mol. The summed E-state index contributed by atoms with van der Waals surface area (Å²) in [6.07, 6.45) is 0.249. The predicted molar refractivity (Wildman–Crippen MR) is 91.5 cm³/mol. The molecule has 1 heterocycles. The van der Waals surface area contributed by atoms with E-state index in [1.807, 2.05) is 43.3 Å². The molecule has 3 aromatic rings. The predicted octanol–water partition coefficient (Wildman–Crippen LogP) is 3.56. The molecule has 0 saturated heterocycles. The summed E-state index contributed by atoms with van der Waals surface area (Å²) in [5, 5.41) is 7.32. The standard InChI is InChI=1S/C18H16ClN3O2/c1-12-4-2-6-14(8-12)18-21-17(24-22-18)11-20-16(23)10-13-5-3-7-15(19)9-13/h2-9H,10-11H2,1H3,(H,20,23). The number of aromatic nitrogens is 2. The first-order chi connectivity index (χ1) is 11.6. The van der Waals surface area contributed by atoms with Crippen LogP contribution in [0.3, 0.4) is 0 Å². The minimum Gasteiger partial charge on any atom is -0.347 e. The van der Waals surface area contributed by atoms with Crippen LogP contribution in [-0.4, -0.2) is 16.0 Å². The van der Waals surface area contributed by atoms with Crippen molar-refractivity contribution in [3.05, 3.63) is 70.6 Å². The normalized spacial score (nSPS) is 10.6. The van der Waals surface area contributed by atoms with Crippen molar-refractivity contribution in [2.75, 3.05) is 0 Å². The van der Waals surface area contributed by atoms with E-state index < -0.39 is 0 Å². The van der Waals surface area contributed by atoms with Gasteiger partial charge in [0.15, 0.2) is 0 Å². The molecule has 0 aliphatic rings. The van der Waals surface area contributed by atoms with Crippen molar-refractivity contribution < 1.29 is 9.32 Å². The van der Waals surface area contributed by atoms with E-state index in [-0.39, 0.29) is 18.9 Å². The second-order valence-electron chi connectivity index (χ2n) is 5.46. The van der Waals surface area contributed by atoms with E-state index in [1.165, 1.54) is 0 Å². The average molecular weight is 342 g/mol. The van der Waals surface area contributed by atoms with Crippen LogP contribution < -0.4 is 5.32 Å². The van der Waals surface area contributed by atoms with Crippen molar-refractivity contribution in [2.45, 2.75) is 19.9 Å². The molecule has 1 aromatic heterocycles. The van der Waals surface area contributed by atoms with Gasteiger partial charge in [-0.25, -0.2) is 0 Å². The molecule has 0 unspecified atom stereocenters. The Balaban J connectivity index is 1.58. The number of hydrogen-bond acceptors (Lipinski definition) is 4. The molecule has 0 spiro atoms. The lowest BCUT2D eigenvalue weighted by Crippen LogP contribution is -2.24. The van der Waals surface area contributed by atoms with E-state index in [0.717, 1.165) is 16.7 Å². The highest BCUT2D eigenvalue weighted by Crippen LogP contribution is 2.17. The summed E-state index contributed by atoms with van der Waals surface area (Å²) < 4.78 is 5.18. The molecular weight excluding hydrogens is 326 g/mol. The van der Waals surface area contributed by atoms with Gasteiger partial charge in [0.2, 0.25) is 17.6 Å². The fourth-order valence-electron chi connectivity index (χ4n) is 2.30. The number of hydrogen-bond donors (Lipinski definition) is 1. The van der Waals surface area contributed by atoms with Gasteiger partial charge in [-0.15, -0.1) is 0 Å². The Morgan fingerprint density at radius 3 is 2.83 bits per heavy atom. The summed E-state index contributed by atoms with van der Waals surface area (Å²) >= 11 is 5.91. The Kier molecular flexibility index (Phi) is 4.91. The zero-order valence-corrected chi connectivity index (χ0v) is 13.9. The molecule has 0 aliphatic carbocycles. The van der Waals surface area contributed by atoms with Crippen LogP contribution in [0, 0.1) is 6.92 Å². The highest BCUT2D eigenvalue weighted by molar-refractivity contribution is 6.30. The Morgan fingerprint density at radius 1 is 1.21 bits per heavy atom. The van der Waals surface area contributed by atoms with Gasteiger partial charge in [-0.05, 0) is 30.7 Å². The molecule has 0 fully saturated rings. The lowest BCUT2D eigenvalue weighted by molar-refractivity contribution is -0.120. The number of benzene rings is 2. The molecule has 0 atom stereocenters. The van der Waals surface area contributed by atoms with E-state index in [2.05, 4.69) is 15.5 Å². The lowest BCUT2D eigenvalue weighted by Gasteiger charge is -2.03. The van der Waals surface area contributed by atoms with E-state index in [0.29, 0.717) is 16.7 Å². The Hall–Kier alpha value is -2.66. The molecule has 122 valence electrons. The van der Waals surface area contributed by atoms with Crippen molar-refractivity contribution in [3.63, 3.8) is 0 Å². The maximum Gasteiger partial charge on any atom is 0.246 e. The smallest absolute Gasteiger partial charge is 0.246 e. The van der Waals surface area contributed by atoms with Gasteiger partial charge < -0.3 is 9.84 Å². The van der Waals surface area contributed by atoms with Gasteiger partial charge in [0.05, 0.1) is 13.0 Å². The van der Waals surface area contributed by atoms with Crippen LogP contribution in [0.1, 0.15) is 17.0 Å². The molecule has 1 amide bonds. The largest absolute Gasteiger partial charge is 0.347 e. The van der Waals surface area contributed by atoms with Crippen molar-refractivity contribution in [1.29, 1.82) is 0 Å². The molecule has 6 heteroatoms. The first-order valence-corrected chi connectivity index (χ1v) is 7.89. The molecule has 0 radical (unpaired) electrons. The van der Waals surface area contributed by atoms with E-state index >= 15 is 0 Å². The SMILES string of the molecule is Cc1cccc(-c2noc(CNC(=O)Cc3cccc(Cl)c3)n2)c1. The maximum absolute atomic E-state index is 12.0. The van der Waals surface area contributed by atoms with Gasteiger partial charge in [-0.2, -0.15) is 4.98 Å². The van der Waals surface area contributed by atoms with Gasteiger partial charge in [-0.3, -0.25) is 4.79 Å². The number of nitrogens with zero attached hydrogens (tertiary/aromatic N) is 2. The Morgan fingerprint density at radius 2 is 2.04 bits per heavy atom. The maximum atomic E-state index is 12.0. The molecule has 0 aliphatic heterocycles. The van der Waals surface area contributed by atoms with E-state index in [9.17, 15) is 4.79 Å². The second kappa shape index (κ2) is 7.27. The first-order valence-electron chi connectivity index (χ1n) is 7.51. The van der Waals surface area contributed by atoms with Gasteiger partial charge in [0.1, 0.15) is 0 Å². The molecule has 24 heavy (non-hydrogen) atoms. The lowest BCUT2D eigenvalue weighted by atomic mass is 10.1. The fourth-order valence-corrected chi connectivity index (χ4v) is 2.51. The van der Waals surface area contributed by atoms with Gasteiger partial charge in [0, 0.05) is 10.6 Å². The second-order valence-corrected chi connectivity index (χ2v) is 5.90. The molecular formula is C18H16ClN3O2. The summed E-state index contributed by atoms with van der Waals surface area (Å²) in [6, 6.07) is 15.0. The third-order valence-electron chi connectivity index (χ3n) is 3.43. The number of halogens is 1. The number of rotatable bonds is 5. The molecule has 2 aromatic carbocycles. The van der Waals surface area contributed by atoms with Crippen LogP contribution in [0.25, 0.3) is 11.4 Å². The zero-order valence-electron chi connectivity index (χ0n) is 13.1. The van der Waals surface area contributed by atoms with Crippen LogP contribution in [0.4, 0.5) is 0 Å². The highest BCUT2D eigenvalue weighted by atomic mass is 35.5. The summed E-state index contributed by atoms with van der Waals surface area (Å²) in [4.78, 5) is 16.3. The topological polar surface area (TPSA) is 68.0 Å². The molecule has 0 bridgehead atoms. The fraction of sp³-hybridized carbons (Fsp3) is 0.167. The summed E-state index contributed by atoms with van der Waals surface area (Å²) in [7, 11) is 0. The van der Waals surface area contributed by atoms with E-state index in [1.54, 1.807) is 12.1 Å².